The maximum atomic E-state index is 11.8. The summed E-state index contributed by atoms with van der Waals surface area (Å²) in [7, 11) is -4.26. The van der Waals surface area contributed by atoms with Crippen molar-refractivity contribution in [2.24, 2.45) is 0 Å². The van der Waals surface area contributed by atoms with Crippen molar-refractivity contribution >= 4 is 13.6 Å². The number of rotatable bonds is 18. The van der Waals surface area contributed by atoms with Crippen molar-refractivity contribution in [3.8, 4) is 0 Å². The summed E-state index contributed by atoms with van der Waals surface area (Å²) < 4.78 is 16.9. The minimum Gasteiger partial charge on any atom is -0.466 e. The Morgan fingerprint density at radius 3 is 1.81 bits per heavy atom. The van der Waals surface area contributed by atoms with Crippen LogP contribution >= 0.6 is 7.60 Å². The molecule has 0 fully saturated rings. The minimum atomic E-state index is -4.26. The van der Waals surface area contributed by atoms with E-state index in [-0.39, 0.29) is 18.8 Å². The van der Waals surface area contributed by atoms with Crippen LogP contribution in [0.15, 0.2) is 0 Å². The van der Waals surface area contributed by atoms with Gasteiger partial charge in [-0.1, -0.05) is 78.6 Å². The molecular formula is C20H42NO5P. The Morgan fingerprint density at radius 1 is 0.889 bits per heavy atom. The Labute approximate surface area is 166 Å². The second-order valence-electron chi connectivity index (χ2n) is 7.23. The SMILES string of the molecule is CCCCCCCCCCCCOC(=O)CCC(N(CC)CC)P(=O)(O)O. The third-order valence-corrected chi connectivity index (χ3v) is 6.35. The molecular weight excluding hydrogens is 365 g/mol. The molecule has 0 aliphatic heterocycles. The van der Waals surface area contributed by atoms with E-state index in [1.54, 1.807) is 4.90 Å². The van der Waals surface area contributed by atoms with E-state index in [2.05, 4.69) is 6.92 Å². The summed E-state index contributed by atoms with van der Waals surface area (Å²) in [5, 5.41) is 0. The normalized spacial score (nSPS) is 13.1. The number of carbonyl (C=O) groups excluding carboxylic acids is 1. The molecule has 0 amide bonds. The summed E-state index contributed by atoms with van der Waals surface area (Å²) in [5.74, 6) is -1.27. The van der Waals surface area contributed by atoms with Gasteiger partial charge in [0.1, 0.15) is 5.78 Å². The summed E-state index contributed by atoms with van der Waals surface area (Å²) in [6, 6.07) is 0. The van der Waals surface area contributed by atoms with E-state index >= 15 is 0 Å². The second-order valence-corrected chi connectivity index (χ2v) is 9.01. The number of hydrogen-bond acceptors (Lipinski definition) is 4. The summed E-state index contributed by atoms with van der Waals surface area (Å²) in [5.41, 5.74) is 0. The van der Waals surface area contributed by atoms with E-state index in [1.165, 1.54) is 51.4 Å². The molecule has 6 nitrogen and oxygen atoms in total. The maximum absolute atomic E-state index is 11.8. The van der Waals surface area contributed by atoms with Gasteiger partial charge in [-0.2, -0.15) is 0 Å². The van der Waals surface area contributed by atoms with E-state index in [9.17, 15) is 19.1 Å². The van der Waals surface area contributed by atoms with E-state index in [0.29, 0.717) is 19.7 Å². The summed E-state index contributed by atoms with van der Waals surface area (Å²) >= 11 is 0. The topological polar surface area (TPSA) is 87.1 Å². The van der Waals surface area contributed by atoms with Crippen LogP contribution in [0.2, 0.25) is 0 Å². The number of carbonyl (C=O) groups is 1. The second kappa shape index (κ2) is 16.5. The molecule has 0 rings (SSSR count). The van der Waals surface area contributed by atoms with Gasteiger partial charge < -0.3 is 14.5 Å². The Morgan fingerprint density at radius 2 is 1.37 bits per heavy atom. The van der Waals surface area contributed by atoms with Crippen LogP contribution < -0.4 is 0 Å². The lowest BCUT2D eigenvalue weighted by Crippen LogP contribution is -2.35. The molecule has 0 aromatic heterocycles. The van der Waals surface area contributed by atoms with Crippen molar-refractivity contribution < 1.29 is 23.9 Å². The summed E-state index contributed by atoms with van der Waals surface area (Å²) in [6.45, 7) is 7.43. The van der Waals surface area contributed by atoms with Gasteiger partial charge in [-0.05, 0) is 25.9 Å². The Bertz CT molecular complexity index is 409. The average molecular weight is 408 g/mol. The Balaban J connectivity index is 3.77. The molecule has 0 radical (unpaired) electrons. The van der Waals surface area contributed by atoms with Gasteiger partial charge in [0.05, 0.1) is 6.61 Å². The number of esters is 1. The molecule has 1 atom stereocenters. The van der Waals surface area contributed by atoms with Crippen LogP contribution in [0.1, 0.15) is 97.8 Å². The third-order valence-electron chi connectivity index (χ3n) is 4.99. The van der Waals surface area contributed by atoms with Crippen LogP contribution in [0.4, 0.5) is 0 Å². The van der Waals surface area contributed by atoms with Gasteiger partial charge >= 0.3 is 13.6 Å². The van der Waals surface area contributed by atoms with Crippen molar-refractivity contribution in [1.29, 1.82) is 0 Å². The molecule has 0 aromatic carbocycles. The Hall–Kier alpha value is -0.420. The van der Waals surface area contributed by atoms with E-state index < -0.39 is 13.4 Å². The molecule has 0 heterocycles. The van der Waals surface area contributed by atoms with Crippen molar-refractivity contribution in [2.45, 2.75) is 104 Å². The largest absolute Gasteiger partial charge is 0.466 e. The zero-order valence-corrected chi connectivity index (χ0v) is 18.6. The van der Waals surface area contributed by atoms with Crippen LogP contribution in [-0.2, 0) is 14.1 Å². The maximum Gasteiger partial charge on any atom is 0.342 e. The molecule has 2 N–H and O–H groups in total. The number of nitrogens with zero attached hydrogens (tertiary/aromatic N) is 1. The highest BCUT2D eigenvalue weighted by molar-refractivity contribution is 7.52. The van der Waals surface area contributed by atoms with Gasteiger partial charge in [-0.25, -0.2) is 0 Å². The van der Waals surface area contributed by atoms with E-state index in [0.717, 1.165) is 12.8 Å². The van der Waals surface area contributed by atoms with Crippen molar-refractivity contribution in [3.05, 3.63) is 0 Å². The molecule has 1 unspecified atom stereocenters. The molecule has 0 aliphatic rings. The van der Waals surface area contributed by atoms with Crippen LogP contribution in [-0.4, -0.2) is 46.1 Å². The third kappa shape index (κ3) is 14.3. The molecule has 0 saturated carbocycles. The molecule has 7 heteroatoms. The number of hydrogen-bond donors (Lipinski definition) is 2. The molecule has 0 saturated heterocycles. The highest BCUT2D eigenvalue weighted by Crippen LogP contribution is 2.45. The van der Waals surface area contributed by atoms with Crippen molar-refractivity contribution in [2.75, 3.05) is 19.7 Å². The van der Waals surface area contributed by atoms with Crippen molar-refractivity contribution in [1.82, 2.24) is 4.90 Å². The van der Waals surface area contributed by atoms with Gasteiger partial charge in [-0.3, -0.25) is 14.3 Å². The number of ether oxygens (including phenoxy) is 1. The van der Waals surface area contributed by atoms with Gasteiger partial charge in [0, 0.05) is 6.42 Å². The Kier molecular flexibility index (Phi) is 16.3. The molecule has 0 aromatic rings. The highest BCUT2D eigenvalue weighted by atomic mass is 31.2. The molecule has 0 spiro atoms. The zero-order valence-electron chi connectivity index (χ0n) is 17.7. The molecule has 0 bridgehead atoms. The molecule has 162 valence electrons. The summed E-state index contributed by atoms with van der Waals surface area (Å²) in [4.78, 5) is 32.6. The first-order chi connectivity index (χ1) is 12.9. The fourth-order valence-corrected chi connectivity index (χ4v) is 4.52. The van der Waals surface area contributed by atoms with Gasteiger partial charge in [0.25, 0.3) is 0 Å². The first-order valence-corrected chi connectivity index (χ1v) is 12.5. The first-order valence-electron chi connectivity index (χ1n) is 10.8. The van der Waals surface area contributed by atoms with Crippen LogP contribution in [0.5, 0.6) is 0 Å². The van der Waals surface area contributed by atoms with Crippen LogP contribution in [0.3, 0.4) is 0 Å². The fraction of sp³-hybridized carbons (Fsp3) is 0.950. The minimum absolute atomic E-state index is 0.0457. The molecule has 0 aliphatic carbocycles. The quantitative estimate of drug-likeness (QED) is 0.187. The zero-order chi connectivity index (χ0) is 20.5. The average Bonchev–Trinajstić information content (AvgIpc) is 2.62. The lowest BCUT2D eigenvalue weighted by molar-refractivity contribution is -0.144. The first kappa shape index (κ1) is 26.6. The van der Waals surface area contributed by atoms with E-state index in [4.69, 9.17) is 4.74 Å². The fourth-order valence-electron chi connectivity index (χ4n) is 3.30. The van der Waals surface area contributed by atoms with Gasteiger partial charge in [0.2, 0.25) is 0 Å². The lowest BCUT2D eigenvalue weighted by Gasteiger charge is -2.29. The lowest BCUT2D eigenvalue weighted by atomic mass is 10.1. The standard InChI is InChI=1S/C20H42NO5P/c1-4-7-8-9-10-11-12-13-14-15-18-26-20(22)17-16-19(27(23,24)25)21(5-2)6-3/h19H,4-18H2,1-3H3,(H2,23,24,25). The summed E-state index contributed by atoms with van der Waals surface area (Å²) in [6.07, 6.45) is 12.4. The number of unbranched alkanes of at least 4 members (excludes halogenated alkanes) is 9. The van der Waals surface area contributed by atoms with Gasteiger partial charge in [-0.15, -0.1) is 0 Å². The predicted molar refractivity (Wildman–Crippen MR) is 111 cm³/mol. The van der Waals surface area contributed by atoms with Crippen LogP contribution in [0, 0.1) is 0 Å². The van der Waals surface area contributed by atoms with Crippen LogP contribution in [0.25, 0.3) is 0 Å². The predicted octanol–water partition coefficient (Wildman–Crippen LogP) is 5.08. The monoisotopic (exact) mass is 407 g/mol. The smallest absolute Gasteiger partial charge is 0.342 e. The van der Waals surface area contributed by atoms with Crippen molar-refractivity contribution in [3.63, 3.8) is 0 Å². The van der Waals surface area contributed by atoms with Gasteiger partial charge in [0.15, 0.2) is 0 Å². The van der Waals surface area contributed by atoms with E-state index in [1.807, 2.05) is 13.8 Å². The molecule has 27 heavy (non-hydrogen) atoms. The highest BCUT2D eigenvalue weighted by Gasteiger charge is 2.33.